The van der Waals surface area contributed by atoms with Gasteiger partial charge in [-0.25, -0.2) is 4.98 Å². The SMILES string of the molecule is C[C@@H]1C[C@H](C)CN(Cc2csc(NC(=O)CNC(=O)c3ccccc3)n2)C1. The van der Waals surface area contributed by atoms with Crippen LogP contribution in [0, 0.1) is 11.8 Å². The van der Waals surface area contributed by atoms with Crippen LogP contribution in [0.3, 0.4) is 0 Å². The van der Waals surface area contributed by atoms with E-state index in [2.05, 4.69) is 34.4 Å². The minimum absolute atomic E-state index is 0.0796. The summed E-state index contributed by atoms with van der Waals surface area (Å²) >= 11 is 1.42. The molecule has 0 spiro atoms. The highest BCUT2D eigenvalue weighted by Crippen LogP contribution is 2.23. The number of thiazole rings is 1. The number of aromatic nitrogens is 1. The molecule has 1 aromatic carbocycles. The Labute approximate surface area is 164 Å². The van der Waals surface area contributed by atoms with Crippen molar-refractivity contribution in [2.24, 2.45) is 11.8 Å². The molecule has 6 nitrogen and oxygen atoms in total. The maximum atomic E-state index is 12.1. The first-order valence-electron chi connectivity index (χ1n) is 9.29. The number of benzene rings is 1. The lowest BCUT2D eigenvalue weighted by atomic mass is 9.92. The Morgan fingerprint density at radius 2 is 1.89 bits per heavy atom. The number of nitrogens with one attached hydrogen (secondary N) is 2. The zero-order chi connectivity index (χ0) is 19.2. The Hall–Kier alpha value is -2.25. The second-order valence-electron chi connectivity index (χ2n) is 7.38. The fourth-order valence-electron chi connectivity index (χ4n) is 3.60. The molecule has 2 amide bonds. The minimum atomic E-state index is -0.277. The molecule has 0 unspecified atom stereocenters. The van der Waals surface area contributed by atoms with Gasteiger partial charge in [0.25, 0.3) is 5.91 Å². The lowest BCUT2D eigenvalue weighted by Crippen LogP contribution is -2.38. The zero-order valence-electron chi connectivity index (χ0n) is 15.8. The van der Waals surface area contributed by atoms with Crippen LogP contribution in [-0.4, -0.2) is 41.3 Å². The van der Waals surface area contributed by atoms with E-state index in [0.29, 0.717) is 22.5 Å². The summed E-state index contributed by atoms with van der Waals surface area (Å²) in [5, 5.41) is 7.94. The molecule has 1 fully saturated rings. The molecule has 0 bridgehead atoms. The van der Waals surface area contributed by atoms with Gasteiger partial charge in [-0.05, 0) is 30.4 Å². The minimum Gasteiger partial charge on any atom is -0.343 e. The van der Waals surface area contributed by atoms with E-state index in [-0.39, 0.29) is 18.4 Å². The summed E-state index contributed by atoms with van der Waals surface area (Å²) in [6, 6.07) is 8.84. The Bertz CT molecular complexity index is 767. The third kappa shape index (κ3) is 5.87. The number of carbonyl (C=O) groups excluding carboxylic acids is 2. The smallest absolute Gasteiger partial charge is 0.251 e. The first-order valence-corrected chi connectivity index (χ1v) is 10.2. The van der Waals surface area contributed by atoms with Crippen LogP contribution in [0.15, 0.2) is 35.7 Å². The number of anilines is 1. The maximum Gasteiger partial charge on any atom is 0.251 e. The quantitative estimate of drug-likeness (QED) is 0.800. The molecule has 1 aliphatic heterocycles. The van der Waals surface area contributed by atoms with Gasteiger partial charge in [-0.15, -0.1) is 11.3 Å². The predicted octanol–water partition coefficient (Wildman–Crippen LogP) is 2.99. The summed E-state index contributed by atoms with van der Waals surface area (Å²) in [7, 11) is 0. The van der Waals surface area contributed by atoms with Crippen molar-refractivity contribution in [3.63, 3.8) is 0 Å². The van der Waals surface area contributed by atoms with Crippen LogP contribution in [0.1, 0.15) is 36.3 Å². The van der Waals surface area contributed by atoms with Crippen molar-refractivity contribution >= 4 is 28.3 Å². The van der Waals surface area contributed by atoms with E-state index < -0.39 is 0 Å². The van der Waals surface area contributed by atoms with Crippen LogP contribution in [0.25, 0.3) is 0 Å². The molecular formula is C20H26N4O2S. The fourth-order valence-corrected chi connectivity index (χ4v) is 4.32. The van der Waals surface area contributed by atoms with Gasteiger partial charge in [-0.1, -0.05) is 32.0 Å². The van der Waals surface area contributed by atoms with Crippen molar-refractivity contribution in [2.45, 2.75) is 26.8 Å². The summed E-state index contributed by atoms with van der Waals surface area (Å²) in [6.45, 7) is 7.50. The second kappa shape index (κ2) is 9.10. The molecule has 2 N–H and O–H groups in total. The number of hydrogen-bond acceptors (Lipinski definition) is 5. The van der Waals surface area contributed by atoms with Gasteiger partial charge in [0, 0.05) is 30.6 Å². The topological polar surface area (TPSA) is 74.3 Å². The Kier molecular flexibility index (Phi) is 6.58. The molecule has 1 aliphatic rings. The first-order chi connectivity index (χ1) is 13.0. The molecule has 2 aromatic rings. The molecule has 7 heteroatoms. The van der Waals surface area contributed by atoms with Gasteiger partial charge in [-0.3, -0.25) is 14.5 Å². The molecule has 2 heterocycles. The van der Waals surface area contributed by atoms with Gasteiger partial charge in [0.1, 0.15) is 0 Å². The van der Waals surface area contributed by atoms with Gasteiger partial charge in [-0.2, -0.15) is 0 Å². The van der Waals surface area contributed by atoms with E-state index in [1.54, 1.807) is 24.3 Å². The summed E-state index contributed by atoms with van der Waals surface area (Å²) in [5.41, 5.74) is 1.51. The number of likely N-dealkylation sites (tertiary alicyclic amines) is 1. The van der Waals surface area contributed by atoms with E-state index >= 15 is 0 Å². The average Bonchev–Trinajstić information content (AvgIpc) is 3.06. The standard InChI is InChI=1S/C20H26N4O2S/c1-14-8-15(2)11-24(10-14)12-17-13-27-20(22-17)23-18(25)9-21-19(26)16-6-4-3-5-7-16/h3-7,13-15H,8-12H2,1-2H3,(H,21,26)(H,22,23,25)/t14-,15+. The summed E-state index contributed by atoms with van der Waals surface area (Å²) in [5.74, 6) is 0.874. The van der Waals surface area contributed by atoms with E-state index in [0.717, 1.165) is 25.3 Å². The van der Waals surface area contributed by atoms with Crippen LogP contribution in [-0.2, 0) is 11.3 Å². The Morgan fingerprint density at radius 1 is 1.19 bits per heavy atom. The fraction of sp³-hybridized carbons (Fsp3) is 0.450. The number of rotatable bonds is 6. The van der Waals surface area contributed by atoms with E-state index in [1.165, 1.54) is 17.8 Å². The van der Waals surface area contributed by atoms with Gasteiger partial charge in [0.05, 0.1) is 12.2 Å². The van der Waals surface area contributed by atoms with Crippen LogP contribution in [0.4, 0.5) is 5.13 Å². The van der Waals surface area contributed by atoms with Crippen molar-refractivity contribution in [3.05, 3.63) is 47.0 Å². The van der Waals surface area contributed by atoms with Gasteiger partial charge in [0.15, 0.2) is 5.13 Å². The highest BCUT2D eigenvalue weighted by atomic mass is 32.1. The molecule has 0 saturated carbocycles. The number of hydrogen-bond donors (Lipinski definition) is 2. The van der Waals surface area contributed by atoms with Gasteiger partial charge < -0.3 is 10.6 Å². The lowest BCUT2D eigenvalue weighted by molar-refractivity contribution is -0.115. The molecule has 27 heavy (non-hydrogen) atoms. The number of piperidine rings is 1. The van der Waals surface area contributed by atoms with Gasteiger partial charge >= 0.3 is 0 Å². The zero-order valence-corrected chi connectivity index (χ0v) is 16.6. The number of nitrogens with zero attached hydrogens (tertiary/aromatic N) is 2. The first kappa shape index (κ1) is 19.5. The molecule has 0 radical (unpaired) electrons. The molecule has 1 aromatic heterocycles. The largest absolute Gasteiger partial charge is 0.343 e. The monoisotopic (exact) mass is 386 g/mol. The highest BCUT2D eigenvalue weighted by molar-refractivity contribution is 7.13. The lowest BCUT2D eigenvalue weighted by Gasteiger charge is -2.34. The van der Waals surface area contributed by atoms with Gasteiger partial charge in [0.2, 0.25) is 5.91 Å². The second-order valence-corrected chi connectivity index (χ2v) is 8.24. The molecular weight excluding hydrogens is 360 g/mol. The van der Waals surface area contributed by atoms with Crippen molar-refractivity contribution in [3.8, 4) is 0 Å². The summed E-state index contributed by atoms with van der Waals surface area (Å²) in [4.78, 5) is 31.0. The van der Waals surface area contributed by atoms with Crippen LogP contribution < -0.4 is 10.6 Å². The molecule has 144 valence electrons. The average molecular weight is 387 g/mol. The van der Waals surface area contributed by atoms with Crippen molar-refractivity contribution in [1.29, 1.82) is 0 Å². The molecule has 1 saturated heterocycles. The van der Waals surface area contributed by atoms with Crippen molar-refractivity contribution in [2.75, 3.05) is 25.0 Å². The van der Waals surface area contributed by atoms with Crippen LogP contribution >= 0.6 is 11.3 Å². The highest BCUT2D eigenvalue weighted by Gasteiger charge is 2.22. The molecule has 0 aliphatic carbocycles. The molecule has 2 atom stereocenters. The van der Waals surface area contributed by atoms with Crippen LogP contribution in [0.5, 0.6) is 0 Å². The Balaban J connectivity index is 1.46. The molecule has 3 rings (SSSR count). The number of carbonyl (C=O) groups is 2. The Morgan fingerprint density at radius 3 is 2.59 bits per heavy atom. The van der Waals surface area contributed by atoms with E-state index in [1.807, 2.05) is 11.4 Å². The van der Waals surface area contributed by atoms with Crippen LogP contribution in [0.2, 0.25) is 0 Å². The summed E-state index contributed by atoms with van der Waals surface area (Å²) in [6.07, 6.45) is 1.28. The number of amides is 2. The third-order valence-corrected chi connectivity index (χ3v) is 5.38. The third-order valence-electron chi connectivity index (χ3n) is 4.57. The maximum absolute atomic E-state index is 12.1. The van der Waals surface area contributed by atoms with E-state index in [4.69, 9.17) is 0 Å². The normalized spacial score (nSPS) is 20.2. The van der Waals surface area contributed by atoms with E-state index in [9.17, 15) is 9.59 Å². The van der Waals surface area contributed by atoms with Crippen molar-refractivity contribution in [1.82, 2.24) is 15.2 Å². The van der Waals surface area contributed by atoms with Crippen molar-refractivity contribution < 1.29 is 9.59 Å². The summed E-state index contributed by atoms with van der Waals surface area (Å²) < 4.78 is 0. The predicted molar refractivity (Wildman–Crippen MR) is 108 cm³/mol.